The predicted octanol–water partition coefficient (Wildman–Crippen LogP) is 4.63. The lowest BCUT2D eigenvalue weighted by atomic mass is 9.98. The molecule has 0 heterocycles. The van der Waals surface area contributed by atoms with Gasteiger partial charge in [0.05, 0.1) is 6.10 Å². The smallest absolute Gasteiger partial charge is 0.0830 e. The molecular weight excluding hydrogens is 256 g/mol. The highest BCUT2D eigenvalue weighted by Gasteiger charge is 2.08. The molecule has 0 aliphatic heterocycles. The summed E-state index contributed by atoms with van der Waals surface area (Å²) < 4.78 is 0. The van der Waals surface area contributed by atoms with Crippen molar-refractivity contribution in [3.8, 4) is 11.1 Å². The zero-order chi connectivity index (χ0) is 14.5. The molecule has 0 fully saturated rings. The van der Waals surface area contributed by atoms with Crippen molar-refractivity contribution in [3.63, 3.8) is 0 Å². The van der Waals surface area contributed by atoms with Crippen LogP contribution in [-0.2, 0) is 6.42 Å². The second-order valence-corrected chi connectivity index (χ2v) is 5.19. The van der Waals surface area contributed by atoms with Crippen LogP contribution in [0.25, 0.3) is 11.1 Å². The monoisotopic (exact) mass is 274 g/mol. The van der Waals surface area contributed by atoms with E-state index in [0.717, 1.165) is 11.1 Å². The van der Waals surface area contributed by atoms with E-state index >= 15 is 0 Å². The highest BCUT2D eigenvalue weighted by molar-refractivity contribution is 5.63. The van der Waals surface area contributed by atoms with Gasteiger partial charge in [-0.15, -0.1) is 0 Å². The lowest BCUT2D eigenvalue weighted by Crippen LogP contribution is -2.01. The third-order valence-corrected chi connectivity index (χ3v) is 3.67. The van der Waals surface area contributed by atoms with Crippen molar-refractivity contribution >= 4 is 0 Å². The van der Waals surface area contributed by atoms with Gasteiger partial charge in [0.15, 0.2) is 0 Å². The highest BCUT2D eigenvalue weighted by Crippen LogP contribution is 2.23. The van der Waals surface area contributed by atoms with Crippen molar-refractivity contribution < 1.29 is 5.11 Å². The van der Waals surface area contributed by atoms with E-state index in [1.807, 2.05) is 60.7 Å². The fourth-order valence-corrected chi connectivity index (χ4v) is 2.48. The van der Waals surface area contributed by atoms with Crippen molar-refractivity contribution in [1.82, 2.24) is 0 Å². The Morgan fingerprint density at radius 2 is 1.14 bits per heavy atom. The van der Waals surface area contributed by atoms with Crippen molar-refractivity contribution in [1.29, 1.82) is 0 Å². The third kappa shape index (κ3) is 3.39. The Morgan fingerprint density at radius 3 is 1.76 bits per heavy atom. The summed E-state index contributed by atoms with van der Waals surface area (Å²) in [4.78, 5) is 0. The summed E-state index contributed by atoms with van der Waals surface area (Å²) in [7, 11) is 0. The van der Waals surface area contributed by atoms with E-state index in [1.165, 1.54) is 11.1 Å². The van der Waals surface area contributed by atoms with Crippen LogP contribution in [0.2, 0.25) is 0 Å². The summed E-state index contributed by atoms with van der Waals surface area (Å²) in [6.07, 6.45) is 0.183. The minimum Gasteiger partial charge on any atom is -0.388 e. The van der Waals surface area contributed by atoms with Crippen molar-refractivity contribution in [2.24, 2.45) is 0 Å². The van der Waals surface area contributed by atoms with Gasteiger partial charge in [-0.25, -0.2) is 0 Å². The standard InChI is InChI=1S/C20H18O/c21-20(15-16-7-3-1-4-8-16)19-13-11-18(12-14-19)17-9-5-2-6-10-17/h1-14,20-21H,15H2. The molecule has 0 spiro atoms. The number of aliphatic hydroxyl groups is 1. The zero-order valence-corrected chi connectivity index (χ0v) is 11.8. The number of benzene rings is 3. The molecule has 0 amide bonds. The molecule has 1 unspecified atom stereocenters. The van der Waals surface area contributed by atoms with Crippen molar-refractivity contribution in [3.05, 3.63) is 96.1 Å². The van der Waals surface area contributed by atoms with Crippen LogP contribution < -0.4 is 0 Å². The average Bonchev–Trinajstić information content (AvgIpc) is 2.57. The summed E-state index contributed by atoms with van der Waals surface area (Å²) in [6, 6.07) is 28.5. The molecule has 0 bridgehead atoms. The molecule has 1 nitrogen and oxygen atoms in total. The Balaban J connectivity index is 1.75. The first kappa shape index (κ1) is 13.6. The quantitative estimate of drug-likeness (QED) is 0.735. The summed E-state index contributed by atoms with van der Waals surface area (Å²) in [6.45, 7) is 0. The Bertz CT molecular complexity index is 672. The fourth-order valence-electron chi connectivity index (χ4n) is 2.48. The molecule has 21 heavy (non-hydrogen) atoms. The maximum Gasteiger partial charge on any atom is 0.0830 e. The first-order chi connectivity index (χ1) is 10.3. The van der Waals surface area contributed by atoms with E-state index in [-0.39, 0.29) is 0 Å². The van der Waals surface area contributed by atoms with E-state index in [2.05, 4.69) is 24.3 Å². The van der Waals surface area contributed by atoms with Crippen LogP contribution in [0.4, 0.5) is 0 Å². The zero-order valence-electron chi connectivity index (χ0n) is 11.8. The van der Waals surface area contributed by atoms with E-state index in [1.54, 1.807) is 0 Å². The van der Waals surface area contributed by atoms with Gasteiger partial charge >= 0.3 is 0 Å². The number of hydrogen-bond donors (Lipinski definition) is 1. The average molecular weight is 274 g/mol. The number of rotatable bonds is 4. The molecular formula is C20H18O. The van der Waals surface area contributed by atoms with Gasteiger partial charge in [-0.1, -0.05) is 84.9 Å². The molecule has 3 aromatic rings. The van der Waals surface area contributed by atoms with Crippen LogP contribution in [0.1, 0.15) is 17.2 Å². The summed E-state index contributed by atoms with van der Waals surface area (Å²) >= 11 is 0. The Kier molecular flexibility index (Phi) is 4.13. The molecule has 3 rings (SSSR count). The van der Waals surface area contributed by atoms with E-state index in [9.17, 15) is 5.11 Å². The van der Waals surface area contributed by atoms with Gasteiger partial charge in [0.25, 0.3) is 0 Å². The first-order valence-electron chi connectivity index (χ1n) is 7.20. The van der Waals surface area contributed by atoms with Crippen LogP contribution in [0.5, 0.6) is 0 Å². The Morgan fingerprint density at radius 1 is 0.619 bits per heavy atom. The maximum atomic E-state index is 10.3. The van der Waals surface area contributed by atoms with Gasteiger partial charge < -0.3 is 5.11 Å². The predicted molar refractivity (Wildman–Crippen MR) is 87.0 cm³/mol. The van der Waals surface area contributed by atoms with Gasteiger partial charge in [-0.05, 0) is 22.3 Å². The second kappa shape index (κ2) is 6.38. The molecule has 1 heteroatoms. The van der Waals surface area contributed by atoms with Crippen molar-refractivity contribution in [2.45, 2.75) is 12.5 Å². The van der Waals surface area contributed by atoms with Crippen LogP contribution in [-0.4, -0.2) is 5.11 Å². The molecule has 104 valence electrons. The lowest BCUT2D eigenvalue weighted by molar-refractivity contribution is 0.178. The third-order valence-electron chi connectivity index (χ3n) is 3.67. The SMILES string of the molecule is OC(Cc1ccccc1)c1ccc(-c2ccccc2)cc1. The molecule has 0 aliphatic rings. The van der Waals surface area contributed by atoms with Gasteiger partial charge in [0.1, 0.15) is 0 Å². The van der Waals surface area contributed by atoms with Crippen molar-refractivity contribution in [2.75, 3.05) is 0 Å². The summed E-state index contributed by atoms with van der Waals surface area (Å²) in [5, 5.41) is 10.3. The van der Waals surface area contributed by atoms with Gasteiger partial charge in [0, 0.05) is 6.42 Å². The number of aliphatic hydroxyl groups excluding tert-OH is 1. The molecule has 0 saturated heterocycles. The summed E-state index contributed by atoms with van der Waals surface area (Å²) in [5.41, 5.74) is 4.48. The fraction of sp³-hybridized carbons (Fsp3) is 0.100. The maximum absolute atomic E-state index is 10.3. The number of hydrogen-bond acceptors (Lipinski definition) is 1. The Labute approximate surface area is 125 Å². The molecule has 3 aromatic carbocycles. The van der Waals surface area contributed by atoms with E-state index < -0.39 is 6.10 Å². The molecule has 1 N–H and O–H groups in total. The van der Waals surface area contributed by atoms with Gasteiger partial charge in [-0.2, -0.15) is 0 Å². The van der Waals surface area contributed by atoms with E-state index in [0.29, 0.717) is 6.42 Å². The lowest BCUT2D eigenvalue weighted by Gasteiger charge is -2.12. The molecule has 0 aliphatic carbocycles. The molecule has 1 atom stereocenters. The first-order valence-corrected chi connectivity index (χ1v) is 7.20. The van der Waals surface area contributed by atoms with Gasteiger partial charge in [0.2, 0.25) is 0 Å². The molecule has 0 saturated carbocycles. The van der Waals surface area contributed by atoms with Crippen LogP contribution >= 0.6 is 0 Å². The molecule has 0 radical (unpaired) electrons. The topological polar surface area (TPSA) is 20.2 Å². The molecule has 0 aromatic heterocycles. The minimum absolute atomic E-state index is 0.461. The van der Waals surface area contributed by atoms with Crippen LogP contribution in [0, 0.1) is 0 Å². The summed E-state index contributed by atoms with van der Waals surface area (Å²) in [5.74, 6) is 0. The van der Waals surface area contributed by atoms with Crippen LogP contribution in [0.15, 0.2) is 84.9 Å². The minimum atomic E-state index is -0.461. The Hall–Kier alpha value is -2.38. The highest BCUT2D eigenvalue weighted by atomic mass is 16.3. The largest absolute Gasteiger partial charge is 0.388 e. The van der Waals surface area contributed by atoms with E-state index in [4.69, 9.17) is 0 Å². The van der Waals surface area contributed by atoms with Crippen LogP contribution in [0.3, 0.4) is 0 Å². The normalized spacial score (nSPS) is 12.0. The van der Waals surface area contributed by atoms with Gasteiger partial charge in [-0.3, -0.25) is 0 Å². The second-order valence-electron chi connectivity index (χ2n) is 5.19.